The van der Waals surface area contributed by atoms with Gasteiger partial charge in [0.2, 0.25) is 0 Å². The molecule has 6 heteroatoms. The number of benzene rings is 2. The first-order chi connectivity index (χ1) is 9.60. The maximum Gasteiger partial charge on any atom is 0.190 e. The normalized spacial score (nSPS) is 9.60. The summed E-state index contributed by atoms with van der Waals surface area (Å²) in [5.74, 6) is -0.219. The Balaban J connectivity index is 2.64. The van der Waals surface area contributed by atoms with Gasteiger partial charge in [0.15, 0.2) is 11.5 Å². The summed E-state index contributed by atoms with van der Waals surface area (Å²) in [5, 5.41) is 27.6. The molecule has 0 aromatic heterocycles. The van der Waals surface area contributed by atoms with Gasteiger partial charge in [-0.15, -0.1) is 0 Å². The summed E-state index contributed by atoms with van der Waals surface area (Å²) >= 11 is 11.9. The molecule has 0 atom stereocenters. The Labute approximate surface area is 125 Å². The topological polar surface area (TPSA) is 77.0 Å². The third-order valence-corrected chi connectivity index (χ3v) is 3.23. The van der Waals surface area contributed by atoms with Crippen LogP contribution in [0.1, 0.15) is 11.1 Å². The van der Waals surface area contributed by atoms with Gasteiger partial charge in [0.05, 0.1) is 11.1 Å². The summed E-state index contributed by atoms with van der Waals surface area (Å²) in [6, 6.07) is 12.1. The van der Waals surface area contributed by atoms with Crippen molar-refractivity contribution in [3.63, 3.8) is 0 Å². The van der Waals surface area contributed by atoms with Gasteiger partial charge in [-0.05, 0) is 12.1 Å². The van der Waals surface area contributed by atoms with E-state index in [9.17, 15) is 5.11 Å². The van der Waals surface area contributed by atoms with Crippen LogP contribution in [-0.4, -0.2) is 5.11 Å². The van der Waals surface area contributed by atoms with Gasteiger partial charge >= 0.3 is 0 Å². The smallest absolute Gasteiger partial charge is 0.190 e. The highest BCUT2D eigenvalue weighted by atomic mass is 35.5. The summed E-state index contributed by atoms with van der Waals surface area (Å²) in [4.78, 5) is 0. The maximum absolute atomic E-state index is 9.97. The second-order valence-electron chi connectivity index (χ2n) is 3.69. The molecule has 0 amide bonds. The summed E-state index contributed by atoms with van der Waals surface area (Å²) < 4.78 is 5.44. The molecule has 0 bridgehead atoms. The molecule has 2 aromatic rings. The van der Waals surface area contributed by atoms with Crippen LogP contribution in [-0.2, 0) is 0 Å². The number of ether oxygens (including phenoxy) is 1. The molecule has 0 saturated heterocycles. The van der Waals surface area contributed by atoms with Gasteiger partial charge in [-0.2, -0.15) is 10.5 Å². The molecule has 20 heavy (non-hydrogen) atoms. The molecule has 0 spiro atoms. The minimum atomic E-state index is -0.476. The molecule has 1 N–H and O–H groups in total. The number of phenolic OH excluding ortho intramolecular Hbond substituents is 1. The van der Waals surface area contributed by atoms with Gasteiger partial charge in [0.1, 0.15) is 27.9 Å². The van der Waals surface area contributed by atoms with Crippen LogP contribution >= 0.6 is 23.2 Å². The Morgan fingerprint density at radius 3 is 2.05 bits per heavy atom. The van der Waals surface area contributed by atoms with Gasteiger partial charge in [0, 0.05) is 0 Å². The summed E-state index contributed by atoms with van der Waals surface area (Å²) in [5.41, 5.74) is -0.319. The highest BCUT2D eigenvalue weighted by molar-refractivity contribution is 6.37. The number of halogens is 2. The zero-order chi connectivity index (χ0) is 14.7. The standard InChI is InChI=1S/C14H6Cl2N2O2/c15-11-9(6-17)10(7-18)12(16)14(13(11)19)20-8-4-2-1-3-5-8/h1-5,19H. The van der Waals surface area contributed by atoms with Crippen LogP contribution in [0.3, 0.4) is 0 Å². The largest absolute Gasteiger partial charge is 0.503 e. The number of hydrogen-bond donors (Lipinski definition) is 1. The molecule has 2 aromatic carbocycles. The van der Waals surface area contributed by atoms with E-state index in [-0.39, 0.29) is 26.9 Å². The van der Waals surface area contributed by atoms with Crippen molar-refractivity contribution in [3.8, 4) is 29.4 Å². The first-order valence-corrected chi connectivity index (χ1v) is 6.12. The Morgan fingerprint density at radius 2 is 1.50 bits per heavy atom. The van der Waals surface area contributed by atoms with E-state index in [0.717, 1.165) is 0 Å². The van der Waals surface area contributed by atoms with Crippen LogP contribution in [0.15, 0.2) is 30.3 Å². The zero-order valence-electron chi connectivity index (χ0n) is 9.89. The van der Waals surface area contributed by atoms with Crippen molar-refractivity contribution in [2.24, 2.45) is 0 Å². The highest BCUT2D eigenvalue weighted by Gasteiger charge is 2.23. The van der Waals surface area contributed by atoms with E-state index in [0.29, 0.717) is 5.75 Å². The summed E-state index contributed by atoms with van der Waals surface area (Å²) in [6.45, 7) is 0. The molecule has 0 radical (unpaired) electrons. The third kappa shape index (κ3) is 2.35. The number of rotatable bonds is 2. The van der Waals surface area contributed by atoms with Crippen LogP contribution in [0.5, 0.6) is 17.2 Å². The number of para-hydroxylation sites is 1. The molecule has 98 valence electrons. The van der Waals surface area contributed by atoms with E-state index in [1.54, 1.807) is 42.5 Å². The molecular formula is C14H6Cl2N2O2. The molecule has 0 aliphatic heterocycles. The van der Waals surface area contributed by atoms with Crippen molar-refractivity contribution in [1.82, 2.24) is 0 Å². The summed E-state index contributed by atoms with van der Waals surface area (Å²) in [7, 11) is 0. The minimum absolute atomic E-state index is 0.136. The second kappa shape index (κ2) is 5.71. The lowest BCUT2D eigenvalue weighted by molar-refractivity contribution is 0.411. The number of hydrogen-bond acceptors (Lipinski definition) is 4. The fraction of sp³-hybridized carbons (Fsp3) is 0. The van der Waals surface area contributed by atoms with E-state index in [4.69, 9.17) is 38.5 Å². The van der Waals surface area contributed by atoms with Gasteiger partial charge in [-0.1, -0.05) is 41.4 Å². The van der Waals surface area contributed by atoms with Crippen molar-refractivity contribution < 1.29 is 9.84 Å². The predicted octanol–water partition coefficient (Wildman–Crippen LogP) is 4.23. The number of aromatic hydroxyl groups is 1. The predicted molar refractivity (Wildman–Crippen MR) is 74.1 cm³/mol. The van der Waals surface area contributed by atoms with E-state index in [1.165, 1.54) is 0 Å². The Kier molecular flexibility index (Phi) is 4.00. The maximum atomic E-state index is 9.97. The van der Waals surface area contributed by atoms with Crippen molar-refractivity contribution in [2.45, 2.75) is 0 Å². The first kappa shape index (κ1) is 14.0. The van der Waals surface area contributed by atoms with E-state index in [1.807, 2.05) is 0 Å². The highest BCUT2D eigenvalue weighted by Crippen LogP contribution is 2.46. The van der Waals surface area contributed by atoms with Crippen LogP contribution < -0.4 is 4.74 Å². The molecule has 0 heterocycles. The number of phenols is 1. The zero-order valence-corrected chi connectivity index (χ0v) is 11.4. The molecule has 0 aliphatic carbocycles. The second-order valence-corrected chi connectivity index (χ2v) is 4.45. The number of nitrogens with zero attached hydrogens (tertiary/aromatic N) is 2. The SMILES string of the molecule is N#Cc1c(Cl)c(O)c(Oc2ccccc2)c(Cl)c1C#N. The van der Waals surface area contributed by atoms with Crippen molar-refractivity contribution in [2.75, 3.05) is 0 Å². The van der Waals surface area contributed by atoms with Gasteiger partial charge in [0.25, 0.3) is 0 Å². The van der Waals surface area contributed by atoms with Gasteiger partial charge in [-0.3, -0.25) is 0 Å². The van der Waals surface area contributed by atoms with Crippen LogP contribution in [0, 0.1) is 22.7 Å². The molecule has 0 saturated carbocycles. The van der Waals surface area contributed by atoms with E-state index < -0.39 is 5.75 Å². The van der Waals surface area contributed by atoms with Crippen molar-refractivity contribution in [3.05, 3.63) is 51.5 Å². The lowest BCUT2D eigenvalue weighted by atomic mass is 10.1. The molecular weight excluding hydrogens is 299 g/mol. The van der Waals surface area contributed by atoms with E-state index >= 15 is 0 Å². The molecule has 0 unspecified atom stereocenters. The monoisotopic (exact) mass is 304 g/mol. The molecule has 0 aliphatic rings. The number of nitriles is 2. The van der Waals surface area contributed by atoms with Crippen LogP contribution in [0.2, 0.25) is 10.0 Å². The summed E-state index contributed by atoms with van der Waals surface area (Å²) in [6.07, 6.45) is 0. The molecule has 4 nitrogen and oxygen atoms in total. The quantitative estimate of drug-likeness (QED) is 0.900. The minimum Gasteiger partial charge on any atom is -0.503 e. The molecule has 0 fully saturated rings. The lowest BCUT2D eigenvalue weighted by Gasteiger charge is -2.12. The van der Waals surface area contributed by atoms with Crippen molar-refractivity contribution >= 4 is 23.2 Å². The fourth-order valence-corrected chi connectivity index (χ4v) is 2.05. The fourth-order valence-electron chi connectivity index (χ4n) is 1.56. The Hall–Kier alpha value is -2.40. The lowest BCUT2D eigenvalue weighted by Crippen LogP contribution is -1.94. The van der Waals surface area contributed by atoms with Crippen LogP contribution in [0.4, 0.5) is 0 Å². The van der Waals surface area contributed by atoms with E-state index in [2.05, 4.69) is 0 Å². The Morgan fingerprint density at radius 1 is 0.950 bits per heavy atom. The third-order valence-electron chi connectivity index (χ3n) is 2.50. The molecule has 2 rings (SSSR count). The van der Waals surface area contributed by atoms with Crippen molar-refractivity contribution in [1.29, 1.82) is 10.5 Å². The van der Waals surface area contributed by atoms with Gasteiger partial charge in [-0.25, -0.2) is 0 Å². The average Bonchev–Trinajstić information content (AvgIpc) is 2.48. The Bertz CT molecular complexity index is 747. The van der Waals surface area contributed by atoms with Crippen LogP contribution in [0.25, 0.3) is 0 Å². The average molecular weight is 305 g/mol. The first-order valence-electron chi connectivity index (χ1n) is 5.37. The van der Waals surface area contributed by atoms with Gasteiger partial charge < -0.3 is 9.84 Å².